The number of hydrogen-bond acceptors (Lipinski definition) is 4. The topological polar surface area (TPSA) is 33.5 Å². The van der Waals surface area contributed by atoms with Crippen LogP contribution in [-0.2, 0) is 20.1 Å². The number of nitrogens with zero attached hydrogens (tertiary/aromatic N) is 4. The maximum Gasteiger partial charge on any atom is 0.142 e. The van der Waals surface area contributed by atoms with Crippen LogP contribution < -0.4 is 4.74 Å². The van der Waals surface area contributed by atoms with E-state index in [1.807, 2.05) is 18.5 Å². The normalized spacial score (nSPS) is 18.0. The molecule has 2 aliphatic rings. The van der Waals surface area contributed by atoms with E-state index in [0.29, 0.717) is 6.73 Å². The fraction of sp³-hybridized carbons (Fsp3) is 0.409. The molecule has 0 bridgehead atoms. The minimum Gasteiger partial charge on any atom is -0.477 e. The van der Waals surface area contributed by atoms with Gasteiger partial charge in [-0.3, -0.25) is 14.8 Å². The summed E-state index contributed by atoms with van der Waals surface area (Å²) in [6.45, 7) is 4.99. The molecule has 1 fully saturated rings. The number of benzene rings is 1. The molecule has 2 aromatic heterocycles. The minimum atomic E-state index is 0.624. The van der Waals surface area contributed by atoms with E-state index < -0.39 is 0 Å². The summed E-state index contributed by atoms with van der Waals surface area (Å²) in [5.74, 6) is 1.02. The second-order valence-corrected chi connectivity index (χ2v) is 7.87. The van der Waals surface area contributed by atoms with E-state index in [-0.39, 0.29) is 0 Å². The Kier molecular flexibility index (Phi) is 4.14. The summed E-state index contributed by atoms with van der Waals surface area (Å²) in [6, 6.07) is 8.76. The Hall–Kier alpha value is -2.37. The first-order chi connectivity index (χ1) is 13.2. The zero-order valence-corrected chi connectivity index (χ0v) is 16.1. The molecule has 2 aliphatic heterocycles. The molecule has 27 heavy (non-hydrogen) atoms. The Labute approximate surface area is 160 Å². The predicted octanol–water partition coefficient (Wildman–Crippen LogP) is 3.62. The highest BCUT2D eigenvalue weighted by Crippen LogP contribution is 2.41. The molecule has 0 N–H and O–H groups in total. The minimum absolute atomic E-state index is 0.624. The maximum absolute atomic E-state index is 6.19. The van der Waals surface area contributed by atoms with Crippen molar-refractivity contribution in [2.75, 3.05) is 26.9 Å². The summed E-state index contributed by atoms with van der Waals surface area (Å²) in [4.78, 5) is 9.11. The molecule has 1 saturated heterocycles. The molecule has 5 nitrogen and oxygen atoms in total. The van der Waals surface area contributed by atoms with Crippen molar-refractivity contribution in [1.82, 2.24) is 19.4 Å². The second-order valence-electron chi connectivity index (χ2n) is 7.87. The van der Waals surface area contributed by atoms with Crippen molar-refractivity contribution in [2.24, 2.45) is 7.05 Å². The van der Waals surface area contributed by atoms with E-state index in [4.69, 9.17) is 4.74 Å². The smallest absolute Gasteiger partial charge is 0.142 e. The van der Waals surface area contributed by atoms with E-state index in [1.54, 1.807) is 0 Å². The summed E-state index contributed by atoms with van der Waals surface area (Å²) < 4.78 is 8.55. The van der Waals surface area contributed by atoms with Gasteiger partial charge in [0.25, 0.3) is 0 Å². The third-order valence-electron chi connectivity index (χ3n) is 5.92. The number of likely N-dealkylation sites (tertiary alicyclic amines) is 1. The van der Waals surface area contributed by atoms with Crippen LogP contribution >= 0.6 is 0 Å². The summed E-state index contributed by atoms with van der Waals surface area (Å²) in [5.41, 5.74) is 6.21. The molecule has 0 atom stereocenters. The summed E-state index contributed by atoms with van der Waals surface area (Å²) in [6.07, 6.45) is 6.39. The highest BCUT2D eigenvalue weighted by molar-refractivity contribution is 5.93. The van der Waals surface area contributed by atoms with Crippen LogP contribution in [0.4, 0.5) is 0 Å². The molecule has 0 radical (unpaired) electrons. The molecule has 140 valence electrons. The van der Waals surface area contributed by atoms with Crippen LogP contribution in [0.25, 0.3) is 22.0 Å². The van der Waals surface area contributed by atoms with Crippen molar-refractivity contribution in [2.45, 2.75) is 25.9 Å². The van der Waals surface area contributed by atoms with E-state index in [0.717, 1.165) is 30.0 Å². The van der Waals surface area contributed by atoms with Gasteiger partial charge in [-0.2, -0.15) is 0 Å². The van der Waals surface area contributed by atoms with Gasteiger partial charge < -0.3 is 9.30 Å². The van der Waals surface area contributed by atoms with Gasteiger partial charge in [-0.1, -0.05) is 6.07 Å². The van der Waals surface area contributed by atoms with E-state index in [2.05, 4.69) is 51.6 Å². The number of hydrogen-bond donors (Lipinski definition) is 0. The molecule has 0 spiro atoms. The lowest BCUT2D eigenvalue weighted by Crippen LogP contribution is -2.28. The first-order valence-corrected chi connectivity index (χ1v) is 9.79. The largest absolute Gasteiger partial charge is 0.477 e. The van der Waals surface area contributed by atoms with Gasteiger partial charge in [-0.05, 0) is 51.2 Å². The highest BCUT2D eigenvalue weighted by atomic mass is 16.5. The number of fused-ring (bicyclic) bond motifs is 3. The fourth-order valence-corrected chi connectivity index (χ4v) is 4.45. The van der Waals surface area contributed by atoms with Crippen molar-refractivity contribution < 1.29 is 4.74 Å². The van der Waals surface area contributed by atoms with E-state index >= 15 is 0 Å². The van der Waals surface area contributed by atoms with Gasteiger partial charge in [0.2, 0.25) is 0 Å². The number of rotatable bonds is 3. The van der Waals surface area contributed by atoms with Crippen molar-refractivity contribution in [3.63, 3.8) is 0 Å². The molecular weight excluding hydrogens is 336 g/mol. The molecule has 0 saturated carbocycles. The molecule has 0 aliphatic carbocycles. The van der Waals surface area contributed by atoms with Crippen LogP contribution in [0.3, 0.4) is 0 Å². The summed E-state index contributed by atoms with van der Waals surface area (Å²) >= 11 is 0. The van der Waals surface area contributed by atoms with Gasteiger partial charge in [0.05, 0.1) is 0 Å². The van der Waals surface area contributed by atoms with Crippen LogP contribution in [0, 0.1) is 0 Å². The van der Waals surface area contributed by atoms with Gasteiger partial charge in [-0.25, -0.2) is 0 Å². The van der Waals surface area contributed by atoms with Crippen LogP contribution in [-0.4, -0.2) is 46.2 Å². The molecule has 0 unspecified atom stereocenters. The van der Waals surface area contributed by atoms with Gasteiger partial charge in [0.1, 0.15) is 12.5 Å². The van der Waals surface area contributed by atoms with Crippen LogP contribution in [0.1, 0.15) is 24.1 Å². The number of ether oxygens (including phenoxy) is 1. The maximum atomic E-state index is 6.19. The standard InChI is InChI=1S/C22H26N4O/c1-24-14-20-19-10-17(13-26-8-3-4-9-26)25(2)21(19)11-18(22(20)27-15-24)16-6-5-7-23-12-16/h5-7,10-12H,3-4,8-9,13-15H2,1-2H3. The van der Waals surface area contributed by atoms with Crippen LogP contribution in [0.5, 0.6) is 5.75 Å². The lowest BCUT2D eigenvalue weighted by atomic mass is 9.98. The molecule has 5 rings (SSSR count). The third-order valence-corrected chi connectivity index (χ3v) is 5.92. The van der Waals surface area contributed by atoms with E-state index in [9.17, 15) is 0 Å². The monoisotopic (exact) mass is 362 g/mol. The SMILES string of the molecule is CN1COc2c(-c3cccnc3)cc3c(cc(CN4CCCC4)n3C)c2C1. The molecule has 5 heteroatoms. The molecule has 1 aromatic carbocycles. The summed E-state index contributed by atoms with van der Waals surface area (Å²) in [5, 5.41) is 1.32. The zero-order chi connectivity index (χ0) is 18.4. The molecule has 4 heterocycles. The van der Waals surface area contributed by atoms with Crippen molar-refractivity contribution in [1.29, 1.82) is 0 Å². The van der Waals surface area contributed by atoms with Crippen LogP contribution in [0.2, 0.25) is 0 Å². The second kappa shape index (κ2) is 6.66. The van der Waals surface area contributed by atoms with Gasteiger partial charge in [-0.15, -0.1) is 0 Å². The zero-order valence-electron chi connectivity index (χ0n) is 16.1. The average Bonchev–Trinajstić information content (AvgIpc) is 3.31. The van der Waals surface area contributed by atoms with E-state index in [1.165, 1.54) is 48.1 Å². The quantitative estimate of drug-likeness (QED) is 0.713. The third kappa shape index (κ3) is 2.91. The van der Waals surface area contributed by atoms with Crippen molar-refractivity contribution in [3.05, 3.63) is 47.9 Å². The molecule has 0 amide bonds. The van der Waals surface area contributed by atoms with Gasteiger partial charge in [0, 0.05) is 65.8 Å². The Balaban J connectivity index is 1.68. The Morgan fingerprint density at radius 3 is 2.78 bits per heavy atom. The van der Waals surface area contributed by atoms with Gasteiger partial charge in [0.15, 0.2) is 0 Å². The van der Waals surface area contributed by atoms with Crippen molar-refractivity contribution >= 4 is 10.9 Å². The molecule has 3 aromatic rings. The summed E-state index contributed by atoms with van der Waals surface area (Å²) in [7, 11) is 4.31. The Morgan fingerprint density at radius 1 is 1.15 bits per heavy atom. The fourth-order valence-electron chi connectivity index (χ4n) is 4.45. The molecular formula is C22H26N4O. The first-order valence-electron chi connectivity index (χ1n) is 9.79. The lowest BCUT2D eigenvalue weighted by Gasteiger charge is -2.28. The average molecular weight is 362 g/mol. The number of aryl methyl sites for hydroxylation is 1. The highest BCUT2D eigenvalue weighted by Gasteiger charge is 2.24. The van der Waals surface area contributed by atoms with Crippen molar-refractivity contribution in [3.8, 4) is 16.9 Å². The Bertz CT molecular complexity index is 973. The Morgan fingerprint density at radius 2 is 2.00 bits per heavy atom. The predicted molar refractivity (Wildman–Crippen MR) is 108 cm³/mol. The number of aromatic nitrogens is 2. The number of pyridine rings is 1. The first kappa shape index (κ1) is 16.8. The lowest BCUT2D eigenvalue weighted by molar-refractivity contribution is 0.123. The van der Waals surface area contributed by atoms with Gasteiger partial charge >= 0.3 is 0 Å². The van der Waals surface area contributed by atoms with Crippen LogP contribution in [0.15, 0.2) is 36.7 Å².